The van der Waals surface area contributed by atoms with Crippen LogP contribution < -0.4 is 5.73 Å². The van der Waals surface area contributed by atoms with Gasteiger partial charge in [-0.15, -0.1) is 0 Å². The molecule has 18 heavy (non-hydrogen) atoms. The first-order valence-electron chi connectivity index (χ1n) is 5.04. The number of benzene rings is 1. The fourth-order valence-corrected chi connectivity index (χ4v) is 3.09. The van der Waals surface area contributed by atoms with Crippen LogP contribution in [0.15, 0.2) is 23.1 Å². The van der Waals surface area contributed by atoms with Crippen molar-refractivity contribution >= 4 is 15.7 Å². The van der Waals surface area contributed by atoms with Crippen LogP contribution in [0.1, 0.15) is 5.56 Å². The summed E-state index contributed by atoms with van der Waals surface area (Å²) in [6, 6.07) is 8.17. The van der Waals surface area contributed by atoms with Crippen molar-refractivity contribution in [3.63, 3.8) is 0 Å². The molecule has 0 unspecified atom stereocenters. The molecule has 0 spiro atoms. The molecule has 0 aliphatic carbocycles. The smallest absolute Gasteiger partial charge is 0.247 e. The van der Waals surface area contributed by atoms with E-state index in [1.54, 1.807) is 31.2 Å². The van der Waals surface area contributed by atoms with E-state index < -0.39 is 10.0 Å². The molecule has 0 aliphatic heterocycles. The maximum Gasteiger partial charge on any atom is 0.247 e. The minimum Gasteiger partial charge on any atom is -0.398 e. The first-order chi connectivity index (χ1) is 8.45. The minimum absolute atomic E-state index is 0.0458. The standard InChI is InChI=1S/C11H12N4O2S/c1-9-3-2-4-10(14)11(9)18(16,17)15(7-5-12)8-6-13/h2-4H,7-8,14H2,1H3. The van der Waals surface area contributed by atoms with Gasteiger partial charge in [0.15, 0.2) is 0 Å². The molecular formula is C11H12N4O2S. The van der Waals surface area contributed by atoms with Crippen LogP contribution >= 0.6 is 0 Å². The van der Waals surface area contributed by atoms with Gasteiger partial charge in [-0.2, -0.15) is 14.8 Å². The number of nitriles is 2. The first-order valence-corrected chi connectivity index (χ1v) is 6.48. The van der Waals surface area contributed by atoms with Gasteiger partial charge in [-0.25, -0.2) is 8.42 Å². The number of anilines is 1. The molecule has 1 aromatic rings. The summed E-state index contributed by atoms with van der Waals surface area (Å²) in [7, 11) is -3.92. The van der Waals surface area contributed by atoms with Gasteiger partial charge in [-0.1, -0.05) is 12.1 Å². The molecular weight excluding hydrogens is 252 g/mol. The third-order valence-corrected chi connectivity index (χ3v) is 4.35. The zero-order valence-electron chi connectivity index (χ0n) is 9.79. The summed E-state index contributed by atoms with van der Waals surface area (Å²) < 4.78 is 25.4. The Kier molecular flexibility index (Phi) is 4.27. The summed E-state index contributed by atoms with van der Waals surface area (Å²) in [6.45, 7) is 0.841. The summed E-state index contributed by atoms with van der Waals surface area (Å²) in [5.74, 6) is 0. The number of aryl methyl sites for hydroxylation is 1. The molecule has 0 heterocycles. The summed E-state index contributed by atoms with van der Waals surface area (Å²) in [5.41, 5.74) is 6.26. The monoisotopic (exact) mass is 264 g/mol. The highest BCUT2D eigenvalue weighted by molar-refractivity contribution is 7.89. The fraction of sp³-hybridized carbons (Fsp3) is 0.273. The Morgan fingerprint density at radius 1 is 1.28 bits per heavy atom. The van der Waals surface area contributed by atoms with Crippen molar-refractivity contribution < 1.29 is 8.42 Å². The van der Waals surface area contributed by atoms with Crippen molar-refractivity contribution in [2.75, 3.05) is 18.8 Å². The molecule has 1 aromatic carbocycles. The van der Waals surface area contributed by atoms with Gasteiger partial charge < -0.3 is 5.73 Å². The van der Waals surface area contributed by atoms with Gasteiger partial charge in [0.1, 0.15) is 18.0 Å². The van der Waals surface area contributed by atoms with Gasteiger partial charge in [0.2, 0.25) is 10.0 Å². The second-order valence-electron chi connectivity index (χ2n) is 3.58. The second-order valence-corrected chi connectivity index (χ2v) is 5.46. The van der Waals surface area contributed by atoms with Crippen LogP contribution in [-0.2, 0) is 10.0 Å². The molecule has 0 saturated carbocycles. The van der Waals surface area contributed by atoms with Crippen LogP contribution in [0.3, 0.4) is 0 Å². The lowest BCUT2D eigenvalue weighted by atomic mass is 10.2. The Labute approximate surface area is 106 Å². The van der Waals surface area contributed by atoms with E-state index in [0.717, 1.165) is 4.31 Å². The third-order valence-electron chi connectivity index (χ3n) is 2.33. The van der Waals surface area contributed by atoms with E-state index in [4.69, 9.17) is 16.3 Å². The first kappa shape index (κ1) is 14.0. The topological polar surface area (TPSA) is 111 Å². The lowest BCUT2D eigenvalue weighted by Crippen LogP contribution is -2.32. The normalized spacial score (nSPS) is 10.9. The number of sulfonamides is 1. The zero-order valence-corrected chi connectivity index (χ0v) is 10.6. The average Bonchev–Trinajstić information content (AvgIpc) is 2.28. The van der Waals surface area contributed by atoms with Crippen LogP contribution in [0.2, 0.25) is 0 Å². The lowest BCUT2D eigenvalue weighted by molar-refractivity contribution is 0.479. The SMILES string of the molecule is Cc1cccc(N)c1S(=O)(=O)N(CC#N)CC#N. The molecule has 0 bridgehead atoms. The highest BCUT2D eigenvalue weighted by Crippen LogP contribution is 2.25. The van der Waals surface area contributed by atoms with Gasteiger partial charge in [0.25, 0.3) is 0 Å². The maximum atomic E-state index is 12.3. The molecule has 0 aromatic heterocycles. The molecule has 94 valence electrons. The zero-order chi connectivity index (χ0) is 13.8. The predicted octanol–water partition coefficient (Wildman–Crippen LogP) is 0.615. The van der Waals surface area contributed by atoms with E-state index in [1.807, 2.05) is 0 Å². The maximum absolute atomic E-state index is 12.3. The molecule has 0 fully saturated rings. The number of nitrogens with two attached hydrogens (primary N) is 1. The Bertz CT molecular complexity index is 589. The molecule has 0 atom stereocenters. The van der Waals surface area contributed by atoms with E-state index in [0.29, 0.717) is 5.56 Å². The summed E-state index contributed by atoms with van der Waals surface area (Å²) in [6.07, 6.45) is 0. The number of nitrogen functional groups attached to an aromatic ring is 1. The van der Waals surface area contributed by atoms with E-state index in [9.17, 15) is 8.42 Å². The van der Waals surface area contributed by atoms with Gasteiger partial charge in [-0.05, 0) is 18.6 Å². The Morgan fingerprint density at radius 2 is 1.83 bits per heavy atom. The number of hydrogen-bond donors (Lipinski definition) is 1. The molecule has 6 nitrogen and oxygen atoms in total. The quantitative estimate of drug-likeness (QED) is 0.632. The molecule has 7 heteroatoms. The summed E-state index contributed by atoms with van der Waals surface area (Å²) >= 11 is 0. The largest absolute Gasteiger partial charge is 0.398 e. The lowest BCUT2D eigenvalue weighted by Gasteiger charge is -2.18. The van der Waals surface area contributed by atoms with E-state index in [1.165, 1.54) is 6.07 Å². The highest BCUT2D eigenvalue weighted by Gasteiger charge is 2.27. The molecule has 1 rings (SSSR count). The van der Waals surface area contributed by atoms with Crippen LogP contribution in [0.5, 0.6) is 0 Å². The van der Waals surface area contributed by atoms with Gasteiger partial charge in [0, 0.05) is 0 Å². The van der Waals surface area contributed by atoms with Gasteiger partial charge >= 0.3 is 0 Å². The van der Waals surface area contributed by atoms with E-state index >= 15 is 0 Å². The van der Waals surface area contributed by atoms with Gasteiger partial charge in [-0.3, -0.25) is 0 Å². The van der Waals surface area contributed by atoms with Crippen LogP contribution in [0.25, 0.3) is 0 Å². The van der Waals surface area contributed by atoms with Crippen LogP contribution in [0.4, 0.5) is 5.69 Å². The van der Waals surface area contributed by atoms with Crippen molar-refractivity contribution in [1.82, 2.24) is 4.31 Å². The van der Waals surface area contributed by atoms with Crippen molar-refractivity contribution in [3.05, 3.63) is 23.8 Å². The van der Waals surface area contributed by atoms with Crippen LogP contribution in [0, 0.1) is 29.6 Å². The Balaban J connectivity index is 3.37. The summed E-state index contributed by atoms with van der Waals surface area (Å²) in [5, 5.41) is 17.2. The minimum atomic E-state index is -3.92. The van der Waals surface area contributed by atoms with Crippen LogP contribution in [-0.4, -0.2) is 25.8 Å². The predicted molar refractivity (Wildman–Crippen MR) is 65.6 cm³/mol. The number of nitrogens with zero attached hydrogens (tertiary/aromatic N) is 3. The molecule has 2 N–H and O–H groups in total. The van der Waals surface area contributed by atoms with Gasteiger partial charge in [0.05, 0.1) is 17.8 Å². The fourth-order valence-electron chi connectivity index (χ4n) is 1.54. The van der Waals surface area contributed by atoms with E-state index in [2.05, 4.69) is 0 Å². The van der Waals surface area contributed by atoms with Crippen molar-refractivity contribution in [2.24, 2.45) is 0 Å². The molecule has 0 saturated heterocycles. The van der Waals surface area contributed by atoms with Crippen molar-refractivity contribution in [3.8, 4) is 12.1 Å². The highest BCUT2D eigenvalue weighted by atomic mass is 32.2. The van der Waals surface area contributed by atoms with Crippen molar-refractivity contribution in [1.29, 1.82) is 10.5 Å². The van der Waals surface area contributed by atoms with E-state index in [-0.39, 0.29) is 23.7 Å². The second kappa shape index (κ2) is 5.50. The third kappa shape index (κ3) is 2.59. The number of hydrogen-bond acceptors (Lipinski definition) is 5. The molecule has 0 radical (unpaired) electrons. The summed E-state index contributed by atoms with van der Waals surface area (Å²) in [4.78, 5) is -0.0458. The Hall–Kier alpha value is -2.09. The molecule has 0 aliphatic rings. The Morgan fingerprint density at radius 3 is 2.28 bits per heavy atom. The number of rotatable bonds is 4. The van der Waals surface area contributed by atoms with Crippen molar-refractivity contribution in [2.45, 2.75) is 11.8 Å². The average molecular weight is 264 g/mol. The molecule has 0 amide bonds.